The Bertz CT molecular complexity index is 649. The van der Waals surface area contributed by atoms with Crippen molar-refractivity contribution in [3.05, 3.63) is 35.0 Å². The van der Waals surface area contributed by atoms with Crippen LogP contribution in [0.25, 0.3) is 10.9 Å². The van der Waals surface area contributed by atoms with E-state index in [9.17, 15) is 4.79 Å². The van der Waals surface area contributed by atoms with E-state index < -0.39 is 0 Å². The second kappa shape index (κ2) is 6.08. The molecule has 1 amide bonds. The Morgan fingerprint density at radius 2 is 2.29 bits per heavy atom. The Morgan fingerprint density at radius 1 is 1.48 bits per heavy atom. The molecule has 1 aliphatic rings. The van der Waals surface area contributed by atoms with E-state index in [2.05, 4.69) is 10.3 Å². The van der Waals surface area contributed by atoms with Gasteiger partial charge in [-0.15, -0.1) is 0 Å². The monoisotopic (exact) mass is 306 g/mol. The van der Waals surface area contributed by atoms with Crippen molar-refractivity contribution in [1.29, 1.82) is 0 Å². The first kappa shape index (κ1) is 14.4. The van der Waals surface area contributed by atoms with Gasteiger partial charge in [0.2, 0.25) is 5.91 Å². The van der Waals surface area contributed by atoms with Crippen LogP contribution in [0, 0.1) is 5.92 Å². The molecule has 1 saturated carbocycles. The molecule has 1 unspecified atom stereocenters. The molecule has 5 heteroatoms. The topological polar surface area (TPSA) is 65.1 Å². The maximum Gasteiger partial charge on any atom is 0.224 e. The minimum absolute atomic E-state index is 0.0104. The molecule has 1 atom stereocenters. The fraction of sp³-hybridized carbons (Fsp3) is 0.438. The fourth-order valence-electron chi connectivity index (χ4n) is 2.80. The zero-order chi connectivity index (χ0) is 14.8. The highest BCUT2D eigenvalue weighted by Crippen LogP contribution is 2.34. The van der Waals surface area contributed by atoms with Gasteiger partial charge in [0.25, 0.3) is 0 Å². The molecule has 1 aliphatic carbocycles. The van der Waals surface area contributed by atoms with Crippen molar-refractivity contribution in [2.75, 3.05) is 6.61 Å². The van der Waals surface area contributed by atoms with Gasteiger partial charge in [-0.3, -0.25) is 4.79 Å². The average molecular weight is 307 g/mol. The van der Waals surface area contributed by atoms with Crippen LogP contribution in [0.4, 0.5) is 0 Å². The summed E-state index contributed by atoms with van der Waals surface area (Å²) in [6, 6.07) is 5.74. The van der Waals surface area contributed by atoms with E-state index in [-0.39, 0.29) is 18.6 Å². The van der Waals surface area contributed by atoms with Crippen molar-refractivity contribution in [1.82, 2.24) is 10.3 Å². The van der Waals surface area contributed by atoms with Crippen LogP contribution in [-0.4, -0.2) is 28.6 Å². The van der Waals surface area contributed by atoms with Crippen LogP contribution in [-0.2, 0) is 11.2 Å². The fourth-order valence-corrected chi connectivity index (χ4v) is 2.97. The third-order valence-electron chi connectivity index (χ3n) is 4.06. The highest BCUT2D eigenvalue weighted by atomic mass is 35.5. The lowest BCUT2D eigenvalue weighted by Gasteiger charge is -2.16. The van der Waals surface area contributed by atoms with Crippen LogP contribution in [0.3, 0.4) is 0 Å². The van der Waals surface area contributed by atoms with Gasteiger partial charge in [-0.05, 0) is 42.9 Å². The third kappa shape index (κ3) is 3.39. The van der Waals surface area contributed by atoms with Crippen LogP contribution in [0.2, 0.25) is 5.02 Å². The van der Waals surface area contributed by atoms with Crippen LogP contribution >= 0.6 is 11.6 Å². The van der Waals surface area contributed by atoms with Crippen LogP contribution < -0.4 is 5.32 Å². The SMILES string of the molecule is O=C(Cc1c[nH]c2cc(Cl)ccc12)NC(CCO)C1CC1. The highest BCUT2D eigenvalue weighted by molar-refractivity contribution is 6.31. The van der Waals surface area contributed by atoms with Gasteiger partial charge in [0.1, 0.15) is 0 Å². The molecule has 0 aliphatic heterocycles. The molecular formula is C16H19ClN2O2. The Labute approximate surface area is 128 Å². The Hall–Kier alpha value is -1.52. The lowest BCUT2D eigenvalue weighted by atomic mass is 10.1. The van der Waals surface area contributed by atoms with Crippen molar-refractivity contribution >= 4 is 28.4 Å². The molecule has 3 N–H and O–H groups in total. The predicted molar refractivity (Wildman–Crippen MR) is 83.4 cm³/mol. The van der Waals surface area contributed by atoms with E-state index in [4.69, 9.17) is 16.7 Å². The van der Waals surface area contributed by atoms with E-state index in [0.29, 0.717) is 23.8 Å². The Kier molecular flexibility index (Phi) is 4.17. The number of amides is 1. The number of aromatic amines is 1. The van der Waals surface area contributed by atoms with Crippen LogP contribution in [0.15, 0.2) is 24.4 Å². The first-order valence-corrected chi connectivity index (χ1v) is 7.71. The first-order valence-electron chi connectivity index (χ1n) is 7.33. The van der Waals surface area contributed by atoms with E-state index in [1.165, 1.54) is 0 Å². The number of aliphatic hydroxyl groups excluding tert-OH is 1. The molecule has 3 rings (SSSR count). The van der Waals surface area contributed by atoms with Crippen molar-refractivity contribution in [3.63, 3.8) is 0 Å². The van der Waals surface area contributed by atoms with Crippen molar-refractivity contribution < 1.29 is 9.90 Å². The van der Waals surface area contributed by atoms with Crippen molar-refractivity contribution in [2.45, 2.75) is 31.7 Å². The number of nitrogens with one attached hydrogen (secondary N) is 2. The average Bonchev–Trinajstić information content (AvgIpc) is 3.22. The summed E-state index contributed by atoms with van der Waals surface area (Å²) in [5.41, 5.74) is 1.91. The largest absolute Gasteiger partial charge is 0.396 e. The molecule has 0 spiro atoms. The lowest BCUT2D eigenvalue weighted by Crippen LogP contribution is -2.38. The van der Waals surface area contributed by atoms with E-state index in [1.54, 1.807) is 0 Å². The number of hydrogen-bond acceptors (Lipinski definition) is 2. The zero-order valence-corrected chi connectivity index (χ0v) is 12.5. The Morgan fingerprint density at radius 3 is 3.00 bits per heavy atom. The molecule has 1 fully saturated rings. The van der Waals surface area contributed by atoms with Gasteiger partial charge in [-0.1, -0.05) is 17.7 Å². The standard InChI is InChI=1S/C16H19ClN2O2/c17-12-3-4-13-11(9-18-15(13)8-12)7-16(21)19-14(5-6-20)10-1-2-10/h3-4,8-10,14,18,20H,1-2,5-7H2,(H,19,21). The maximum absolute atomic E-state index is 12.2. The molecule has 4 nitrogen and oxygen atoms in total. The zero-order valence-electron chi connectivity index (χ0n) is 11.7. The molecule has 1 aromatic heterocycles. The number of H-pyrrole nitrogens is 1. The summed E-state index contributed by atoms with van der Waals surface area (Å²) in [6.07, 6.45) is 5.14. The summed E-state index contributed by atoms with van der Waals surface area (Å²) in [5.74, 6) is 0.555. The van der Waals surface area contributed by atoms with Gasteiger partial charge < -0.3 is 15.4 Å². The van der Waals surface area contributed by atoms with Gasteiger partial charge in [0.05, 0.1) is 6.42 Å². The van der Waals surface area contributed by atoms with Gasteiger partial charge >= 0.3 is 0 Å². The second-order valence-corrected chi connectivity index (χ2v) is 6.14. The smallest absolute Gasteiger partial charge is 0.224 e. The van der Waals surface area contributed by atoms with Gasteiger partial charge in [0, 0.05) is 34.8 Å². The normalized spacial score (nSPS) is 16.1. The van der Waals surface area contributed by atoms with Gasteiger partial charge in [-0.25, -0.2) is 0 Å². The summed E-state index contributed by atoms with van der Waals surface area (Å²) in [7, 11) is 0. The molecule has 2 aromatic rings. The number of benzene rings is 1. The third-order valence-corrected chi connectivity index (χ3v) is 4.29. The van der Waals surface area contributed by atoms with E-state index in [1.807, 2.05) is 24.4 Å². The van der Waals surface area contributed by atoms with E-state index in [0.717, 1.165) is 29.3 Å². The van der Waals surface area contributed by atoms with Gasteiger partial charge in [-0.2, -0.15) is 0 Å². The molecule has 0 saturated heterocycles. The van der Waals surface area contributed by atoms with Crippen LogP contribution in [0.5, 0.6) is 0 Å². The first-order chi connectivity index (χ1) is 10.2. The molecule has 0 bridgehead atoms. The van der Waals surface area contributed by atoms with Gasteiger partial charge in [0.15, 0.2) is 0 Å². The second-order valence-electron chi connectivity index (χ2n) is 5.70. The quantitative estimate of drug-likeness (QED) is 0.768. The number of carbonyl (C=O) groups is 1. The summed E-state index contributed by atoms with van der Waals surface area (Å²) < 4.78 is 0. The molecule has 0 radical (unpaired) electrons. The van der Waals surface area contributed by atoms with E-state index >= 15 is 0 Å². The Balaban J connectivity index is 1.68. The minimum Gasteiger partial charge on any atom is -0.396 e. The van der Waals surface area contributed by atoms with Crippen molar-refractivity contribution in [3.8, 4) is 0 Å². The highest BCUT2D eigenvalue weighted by Gasteiger charge is 2.31. The summed E-state index contributed by atoms with van der Waals surface area (Å²) in [6.45, 7) is 0.118. The number of aromatic nitrogens is 1. The number of aliphatic hydroxyl groups is 1. The maximum atomic E-state index is 12.2. The van der Waals surface area contributed by atoms with Crippen LogP contribution in [0.1, 0.15) is 24.8 Å². The molecule has 21 heavy (non-hydrogen) atoms. The minimum atomic E-state index is 0.0104. The number of hydrogen-bond donors (Lipinski definition) is 3. The predicted octanol–water partition coefficient (Wildman–Crippen LogP) is 2.64. The lowest BCUT2D eigenvalue weighted by molar-refractivity contribution is -0.121. The number of rotatable bonds is 6. The van der Waals surface area contributed by atoms with Crippen molar-refractivity contribution in [2.24, 2.45) is 5.92 Å². The molecular weight excluding hydrogens is 288 g/mol. The number of halogens is 1. The number of fused-ring (bicyclic) bond motifs is 1. The molecule has 112 valence electrons. The number of carbonyl (C=O) groups excluding carboxylic acids is 1. The molecule has 1 aromatic carbocycles. The summed E-state index contributed by atoms with van der Waals surface area (Å²) >= 11 is 5.96. The summed E-state index contributed by atoms with van der Waals surface area (Å²) in [4.78, 5) is 15.3. The summed E-state index contributed by atoms with van der Waals surface area (Å²) in [5, 5.41) is 13.8. The molecule has 1 heterocycles.